The quantitative estimate of drug-likeness (QED) is 0.371. The van der Waals surface area contributed by atoms with Gasteiger partial charge in [0.25, 0.3) is 5.91 Å². The number of fused-ring (bicyclic) bond motifs is 1. The molecule has 3 heterocycles. The summed E-state index contributed by atoms with van der Waals surface area (Å²) in [6.45, 7) is 1.31. The van der Waals surface area contributed by atoms with E-state index in [-0.39, 0.29) is 18.6 Å². The van der Waals surface area contributed by atoms with E-state index in [1.165, 1.54) is 0 Å². The van der Waals surface area contributed by atoms with Crippen molar-refractivity contribution >= 4 is 34.5 Å². The maximum absolute atomic E-state index is 12.3. The third-order valence-electron chi connectivity index (χ3n) is 6.12. The first-order chi connectivity index (χ1) is 18.0. The summed E-state index contributed by atoms with van der Waals surface area (Å²) >= 11 is 5.87. The van der Waals surface area contributed by atoms with Gasteiger partial charge in [-0.15, -0.1) is 0 Å². The number of carbonyl (C=O) groups is 1. The number of pyridine rings is 1. The van der Waals surface area contributed by atoms with Crippen molar-refractivity contribution in [2.45, 2.75) is 12.5 Å². The molecule has 0 unspecified atom stereocenters. The molecule has 9 nitrogen and oxygen atoms in total. The molecule has 1 amide bonds. The van der Waals surface area contributed by atoms with Gasteiger partial charge in [0.1, 0.15) is 11.3 Å². The molecule has 0 radical (unpaired) electrons. The first kappa shape index (κ1) is 24.6. The van der Waals surface area contributed by atoms with Gasteiger partial charge in [0.2, 0.25) is 5.95 Å². The zero-order chi connectivity index (χ0) is 25.8. The molecular weight excluding hydrogens is 494 g/mol. The van der Waals surface area contributed by atoms with E-state index < -0.39 is 0 Å². The molecule has 1 N–H and O–H groups in total. The van der Waals surface area contributed by atoms with Crippen LogP contribution in [0.1, 0.15) is 6.42 Å². The summed E-state index contributed by atoms with van der Waals surface area (Å²) in [6.07, 6.45) is 2.53. The first-order valence-electron chi connectivity index (χ1n) is 11.8. The highest BCUT2D eigenvalue weighted by Crippen LogP contribution is 2.32. The van der Waals surface area contributed by atoms with Gasteiger partial charge in [-0.05, 0) is 61.0 Å². The maximum atomic E-state index is 12.3. The molecule has 190 valence electrons. The van der Waals surface area contributed by atoms with Gasteiger partial charge in [-0.25, -0.2) is 15.0 Å². The highest BCUT2D eigenvalue weighted by Gasteiger charge is 2.26. The van der Waals surface area contributed by atoms with Crippen molar-refractivity contribution in [1.29, 1.82) is 0 Å². The Morgan fingerprint density at radius 3 is 2.62 bits per heavy atom. The van der Waals surface area contributed by atoms with Crippen LogP contribution >= 0.6 is 11.6 Å². The van der Waals surface area contributed by atoms with Crippen molar-refractivity contribution in [2.24, 2.45) is 0 Å². The lowest BCUT2D eigenvalue weighted by Gasteiger charge is -2.17. The van der Waals surface area contributed by atoms with Gasteiger partial charge < -0.3 is 24.4 Å². The second kappa shape index (κ2) is 10.9. The van der Waals surface area contributed by atoms with Crippen LogP contribution in [0.3, 0.4) is 0 Å². The van der Waals surface area contributed by atoms with Crippen LogP contribution in [0.25, 0.3) is 22.3 Å². The fraction of sp³-hybridized carbons (Fsp3) is 0.259. The molecule has 1 aliphatic heterocycles. The zero-order valence-corrected chi connectivity index (χ0v) is 21.2. The first-order valence-corrected chi connectivity index (χ1v) is 12.2. The molecule has 0 saturated carbocycles. The van der Waals surface area contributed by atoms with Gasteiger partial charge in [-0.2, -0.15) is 0 Å². The standard InChI is InChI=1S/C27H26ClN5O4/c1-35-24-10-3-17(13-25(24)36-2)21-8-9-22-23(31-21)14-29-27(32-22)33-12-11-19(15-33)30-26(34)16-37-20-6-4-18(28)5-7-20/h3-10,13-14,19H,11-12,15-16H2,1-2H3,(H,30,34)/t19-/m1/s1. The summed E-state index contributed by atoms with van der Waals surface area (Å²) in [7, 11) is 3.21. The van der Waals surface area contributed by atoms with Crippen molar-refractivity contribution in [3.63, 3.8) is 0 Å². The fourth-order valence-corrected chi connectivity index (χ4v) is 4.36. The lowest BCUT2D eigenvalue weighted by Crippen LogP contribution is -2.39. The highest BCUT2D eigenvalue weighted by atomic mass is 35.5. The SMILES string of the molecule is COc1ccc(-c2ccc3nc(N4CC[C@@H](NC(=O)COc5ccc(Cl)cc5)C4)ncc3n2)cc1OC. The average Bonchev–Trinajstić information content (AvgIpc) is 3.40. The van der Waals surface area contributed by atoms with Crippen molar-refractivity contribution in [3.8, 4) is 28.5 Å². The minimum absolute atomic E-state index is 0.00818. The molecule has 0 spiro atoms. The molecule has 4 aromatic rings. The Labute approximate surface area is 219 Å². The van der Waals surface area contributed by atoms with Crippen LogP contribution in [0.2, 0.25) is 5.02 Å². The van der Waals surface area contributed by atoms with Crippen LogP contribution in [0.15, 0.2) is 60.8 Å². The summed E-state index contributed by atoms with van der Waals surface area (Å²) < 4.78 is 16.3. The van der Waals surface area contributed by atoms with Crippen LogP contribution < -0.4 is 24.4 Å². The van der Waals surface area contributed by atoms with E-state index in [0.717, 1.165) is 29.7 Å². The lowest BCUT2D eigenvalue weighted by molar-refractivity contribution is -0.123. The van der Waals surface area contributed by atoms with Crippen LogP contribution in [-0.2, 0) is 4.79 Å². The molecule has 1 saturated heterocycles. The minimum Gasteiger partial charge on any atom is -0.493 e. The third-order valence-corrected chi connectivity index (χ3v) is 6.38. The van der Waals surface area contributed by atoms with Crippen molar-refractivity contribution in [3.05, 3.63) is 65.8 Å². The summed E-state index contributed by atoms with van der Waals surface area (Å²) in [4.78, 5) is 28.4. The van der Waals surface area contributed by atoms with E-state index in [4.69, 9.17) is 35.8 Å². The predicted octanol–water partition coefficient (Wildman–Crippen LogP) is 4.14. The minimum atomic E-state index is -0.173. The summed E-state index contributed by atoms with van der Waals surface area (Å²) in [5.41, 5.74) is 3.13. The zero-order valence-electron chi connectivity index (χ0n) is 20.5. The Kier molecular flexibility index (Phi) is 7.23. The maximum Gasteiger partial charge on any atom is 0.258 e. The molecule has 0 aliphatic carbocycles. The smallest absolute Gasteiger partial charge is 0.258 e. The van der Waals surface area contributed by atoms with E-state index in [1.54, 1.807) is 44.7 Å². The molecule has 5 rings (SSSR count). The molecule has 10 heteroatoms. The number of amides is 1. The molecule has 2 aromatic heterocycles. The summed E-state index contributed by atoms with van der Waals surface area (Å²) in [5, 5.41) is 3.64. The van der Waals surface area contributed by atoms with E-state index in [0.29, 0.717) is 40.3 Å². The number of hydrogen-bond acceptors (Lipinski definition) is 8. The number of halogens is 1. The molecule has 1 aliphatic rings. The Bertz CT molecular complexity index is 1420. The monoisotopic (exact) mass is 519 g/mol. The second-order valence-electron chi connectivity index (χ2n) is 8.58. The Balaban J connectivity index is 1.21. The molecular formula is C27H26ClN5O4. The van der Waals surface area contributed by atoms with E-state index in [1.807, 2.05) is 30.3 Å². The lowest BCUT2D eigenvalue weighted by atomic mass is 10.1. The van der Waals surface area contributed by atoms with Crippen LogP contribution in [0.4, 0.5) is 5.95 Å². The second-order valence-corrected chi connectivity index (χ2v) is 9.02. The van der Waals surface area contributed by atoms with Gasteiger partial charge in [-0.3, -0.25) is 4.79 Å². The van der Waals surface area contributed by atoms with E-state index in [9.17, 15) is 4.79 Å². The Hall–Kier alpha value is -4.11. The number of carbonyl (C=O) groups excluding carboxylic acids is 1. The number of aromatic nitrogens is 3. The van der Waals surface area contributed by atoms with Crippen LogP contribution in [-0.4, -0.2) is 60.8 Å². The van der Waals surface area contributed by atoms with Crippen molar-refractivity contribution < 1.29 is 19.0 Å². The highest BCUT2D eigenvalue weighted by molar-refractivity contribution is 6.30. The number of nitrogens with one attached hydrogen (secondary N) is 1. The van der Waals surface area contributed by atoms with Gasteiger partial charge in [-0.1, -0.05) is 11.6 Å². The average molecular weight is 520 g/mol. The number of benzene rings is 2. The van der Waals surface area contributed by atoms with Gasteiger partial charge in [0.05, 0.1) is 31.6 Å². The molecule has 0 bridgehead atoms. The molecule has 1 atom stereocenters. The summed E-state index contributed by atoms with van der Waals surface area (Å²) in [5.74, 6) is 2.34. The van der Waals surface area contributed by atoms with Gasteiger partial charge in [0.15, 0.2) is 18.1 Å². The van der Waals surface area contributed by atoms with Crippen molar-refractivity contribution in [1.82, 2.24) is 20.3 Å². The normalized spacial score (nSPS) is 15.0. The van der Waals surface area contributed by atoms with Crippen LogP contribution in [0, 0.1) is 0 Å². The van der Waals surface area contributed by atoms with Gasteiger partial charge in [0, 0.05) is 29.7 Å². The fourth-order valence-electron chi connectivity index (χ4n) is 4.23. The van der Waals surface area contributed by atoms with Crippen LogP contribution in [0.5, 0.6) is 17.2 Å². The number of nitrogens with zero attached hydrogens (tertiary/aromatic N) is 4. The van der Waals surface area contributed by atoms with E-state index in [2.05, 4.69) is 15.2 Å². The molecule has 2 aromatic carbocycles. The largest absolute Gasteiger partial charge is 0.493 e. The Morgan fingerprint density at radius 2 is 1.84 bits per heavy atom. The third kappa shape index (κ3) is 5.67. The van der Waals surface area contributed by atoms with Gasteiger partial charge >= 0.3 is 0 Å². The number of ether oxygens (including phenoxy) is 3. The topological polar surface area (TPSA) is 98.7 Å². The molecule has 1 fully saturated rings. The summed E-state index contributed by atoms with van der Waals surface area (Å²) in [6, 6.07) is 16.4. The molecule has 37 heavy (non-hydrogen) atoms. The Morgan fingerprint density at radius 1 is 1.03 bits per heavy atom. The number of hydrogen-bond donors (Lipinski definition) is 1. The predicted molar refractivity (Wildman–Crippen MR) is 142 cm³/mol. The van der Waals surface area contributed by atoms with Crippen molar-refractivity contribution in [2.75, 3.05) is 38.8 Å². The number of rotatable bonds is 8. The number of methoxy groups -OCH3 is 2. The van der Waals surface area contributed by atoms with E-state index >= 15 is 0 Å². The number of anilines is 1.